The minimum atomic E-state index is -0.161. The summed E-state index contributed by atoms with van der Waals surface area (Å²) in [5, 5.41) is 2.93. The molecule has 1 N–H and O–H groups in total. The van der Waals surface area contributed by atoms with Gasteiger partial charge >= 0.3 is 0 Å². The maximum Gasteiger partial charge on any atom is 0.255 e. The highest BCUT2D eigenvalue weighted by atomic mass is 16.5. The molecular weight excluding hydrogens is 330 g/mol. The number of anilines is 2. The van der Waals surface area contributed by atoms with Gasteiger partial charge in [-0.15, -0.1) is 0 Å². The van der Waals surface area contributed by atoms with Gasteiger partial charge in [-0.1, -0.05) is 6.07 Å². The van der Waals surface area contributed by atoms with E-state index in [1.54, 1.807) is 38.3 Å². The number of hydrogen-bond acceptors (Lipinski definition) is 4. The number of rotatable bonds is 4. The Bertz CT molecular complexity index is 781. The Morgan fingerprint density at radius 2 is 1.69 bits per heavy atom. The molecule has 0 spiro atoms. The number of amides is 2. The minimum absolute atomic E-state index is 0.116. The first-order valence-electron chi connectivity index (χ1n) is 8.63. The monoisotopic (exact) mass is 353 g/mol. The van der Waals surface area contributed by atoms with Crippen molar-refractivity contribution >= 4 is 23.2 Å². The first kappa shape index (κ1) is 17.8. The molecule has 136 valence electrons. The summed E-state index contributed by atoms with van der Waals surface area (Å²) in [7, 11) is 1.59. The fourth-order valence-corrected chi connectivity index (χ4v) is 3.01. The molecule has 2 amide bonds. The molecule has 0 unspecified atom stereocenters. The highest BCUT2D eigenvalue weighted by molar-refractivity contribution is 6.04. The highest BCUT2D eigenvalue weighted by Gasteiger charge is 2.19. The molecule has 1 saturated heterocycles. The molecule has 0 radical (unpaired) electrons. The van der Waals surface area contributed by atoms with Gasteiger partial charge in [-0.3, -0.25) is 9.59 Å². The van der Waals surface area contributed by atoms with Gasteiger partial charge in [0, 0.05) is 50.0 Å². The van der Waals surface area contributed by atoms with Gasteiger partial charge < -0.3 is 19.9 Å². The van der Waals surface area contributed by atoms with Crippen molar-refractivity contribution in [2.45, 2.75) is 6.92 Å². The Kier molecular flexibility index (Phi) is 5.41. The molecule has 0 aliphatic carbocycles. The average Bonchev–Trinajstić information content (AvgIpc) is 2.68. The Balaban J connectivity index is 1.65. The van der Waals surface area contributed by atoms with Crippen molar-refractivity contribution in [1.29, 1.82) is 0 Å². The molecule has 1 heterocycles. The molecule has 1 fully saturated rings. The maximum atomic E-state index is 12.4. The van der Waals surface area contributed by atoms with Crippen molar-refractivity contribution in [1.82, 2.24) is 4.90 Å². The summed E-state index contributed by atoms with van der Waals surface area (Å²) in [5.74, 6) is 0.671. The van der Waals surface area contributed by atoms with E-state index < -0.39 is 0 Å². The normalized spacial score (nSPS) is 14.1. The number of nitrogens with zero attached hydrogens (tertiary/aromatic N) is 2. The predicted molar refractivity (Wildman–Crippen MR) is 102 cm³/mol. The van der Waals surface area contributed by atoms with Crippen LogP contribution in [0, 0.1) is 0 Å². The fraction of sp³-hybridized carbons (Fsp3) is 0.300. The Morgan fingerprint density at radius 1 is 1.00 bits per heavy atom. The molecule has 6 nitrogen and oxygen atoms in total. The second-order valence-electron chi connectivity index (χ2n) is 6.23. The summed E-state index contributed by atoms with van der Waals surface area (Å²) in [6.07, 6.45) is 0. The smallest absolute Gasteiger partial charge is 0.255 e. The lowest BCUT2D eigenvalue weighted by atomic mass is 10.2. The summed E-state index contributed by atoms with van der Waals surface area (Å²) >= 11 is 0. The quantitative estimate of drug-likeness (QED) is 0.918. The molecule has 0 aromatic heterocycles. The number of ether oxygens (including phenoxy) is 1. The van der Waals surface area contributed by atoms with E-state index in [2.05, 4.69) is 10.2 Å². The van der Waals surface area contributed by atoms with Crippen LogP contribution in [0.25, 0.3) is 0 Å². The van der Waals surface area contributed by atoms with E-state index in [0.717, 1.165) is 37.6 Å². The number of benzene rings is 2. The van der Waals surface area contributed by atoms with Gasteiger partial charge in [0.05, 0.1) is 7.11 Å². The number of nitrogens with one attached hydrogen (secondary N) is 1. The lowest BCUT2D eigenvalue weighted by Gasteiger charge is -2.35. The Hall–Kier alpha value is -3.02. The van der Waals surface area contributed by atoms with E-state index in [4.69, 9.17) is 4.74 Å². The van der Waals surface area contributed by atoms with Gasteiger partial charge in [0.15, 0.2) is 0 Å². The van der Waals surface area contributed by atoms with Gasteiger partial charge in [0.25, 0.3) is 5.91 Å². The largest absolute Gasteiger partial charge is 0.497 e. The standard InChI is InChI=1S/C20H23N3O3/c1-15(24)22-10-12-23(13-11-22)18-5-3-4-17(14-18)21-20(25)16-6-8-19(26-2)9-7-16/h3-9,14H,10-13H2,1-2H3,(H,21,25). The van der Waals surface area contributed by atoms with Crippen molar-refractivity contribution in [3.8, 4) is 5.75 Å². The van der Waals surface area contributed by atoms with E-state index >= 15 is 0 Å². The van der Waals surface area contributed by atoms with Gasteiger partial charge in [-0.25, -0.2) is 0 Å². The van der Waals surface area contributed by atoms with Crippen LogP contribution in [-0.4, -0.2) is 50.0 Å². The molecule has 2 aromatic carbocycles. The molecule has 1 aliphatic rings. The predicted octanol–water partition coefficient (Wildman–Crippen LogP) is 2.62. The van der Waals surface area contributed by atoms with Gasteiger partial charge in [0.1, 0.15) is 5.75 Å². The summed E-state index contributed by atoms with van der Waals surface area (Å²) < 4.78 is 5.11. The third-order valence-corrected chi connectivity index (χ3v) is 4.55. The van der Waals surface area contributed by atoms with Crippen LogP contribution in [0.5, 0.6) is 5.75 Å². The first-order chi connectivity index (χ1) is 12.6. The summed E-state index contributed by atoms with van der Waals surface area (Å²) in [4.78, 5) is 27.9. The third-order valence-electron chi connectivity index (χ3n) is 4.55. The molecular formula is C20H23N3O3. The second-order valence-corrected chi connectivity index (χ2v) is 6.23. The highest BCUT2D eigenvalue weighted by Crippen LogP contribution is 2.22. The van der Waals surface area contributed by atoms with E-state index in [1.807, 2.05) is 29.2 Å². The van der Waals surface area contributed by atoms with E-state index in [-0.39, 0.29) is 11.8 Å². The Morgan fingerprint density at radius 3 is 2.31 bits per heavy atom. The molecule has 2 aromatic rings. The van der Waals surface area contributed by atoms with Crippen LogP contribution in [-0.2, 0) is 4.79 Å². The molecule has 1 aliphatic heterocycles. The number of carbonyl (C=O) groups excluding carboxylic acids is 2. The van der Waals surface area contributed by atoms with Crippen molar-refractivity contribution < 1.29 is 14.3 Å². The lowest BCUT2D eigenvalue weighted by Crippen LogP contribution is -2.48. The zero-order chi connectivity index (χ0) is 18.5. The van der Waals surface area contributed by atoms with E-state index in [1.165, 1.54) is 0 Å². The molecule has 0 bridgehead atoms. The number of piperazine rings is 1. The zero-order valence-corrected chi connectivity index (χ0v) is 15.1. The van der Waals surface area contributed by atoms with Crippen molar-refractivity contribution in [2.24, 2.45) is 0 Å². The summed E-state index contributed by atoms with van der Waals surface area (Å²) in [6, 6.07) is 14.8. The van der Waals surface area contributed by atoms with Crippen LogP contribution >= 0.6 is 0 Å². The minimum Gasteiger partial charge on any atom is -0.497 e. The fourth-order valence-electron chi connectivity index (χ4n) is 3.01. The van der Waals surface area contributed by atoms with Crippen molar-refractivity contribution in [2.75, 3.05) is 43.5 Å². The van der Waals surface area contributed by atoms with Crippen LogP contribution in [0.1, 0.15) is 17.3 Å². The average molecular weight is 353 g/mol. The second kappa shape index (κ2) is 7.91. The van der Waals surface area contributed by atoms with Crippen molar-refractivity contribution in [3.05, 3.63) is 54.1 Å². The number of hydrogen-bond donors (Lipinski definition) is 1. The van der Waals surface area contributed by atoms with Gasteiger partial charge in [-0.2, -0.15) is 0 Å². The zero-order valence-electron chi connectivity index (χ0n) is 15.1. The summed E-state index contributed by atoms with van der Waals surface area (Å²) in [6.45, 7) is 4.62. The van der Waals surface area contributed by atoms with Crippen LogP contribution < -0.4 is 15.0 Å². The maximum absolute atomic E-state index is 12.4. The van der Waals surface area contributed by atoms with Crippen LogP contribution in [0.15, 0.2) is 48.5 Å². The van der Waals surface area contributed by atoms with E-state index in [0.29, 0.717) is 11.3 Å². The van der Waals surface area contributed by atoms with Gasteiger partial charge in [0.2, 0.25) is 5.91 Å². The number of carbonyl (C=O) groups is 2. The molecule has 6 heteroatoms. The van der Waals surface area contributed by atoms with Crippen LogP contribution in [0.2, 0.25) is 0 Å². The molecule has 26 heavy (non-hydrogen) atoms. The molecule has 3 rings (SSSR count). The van der Waals surface area contributed by atoms with Crippen LogP contribution in [0.3, 0.4) is 0 Å². The van der Waals surface area contributed by atoms with Crippen molar-refractivity contribution in [3.63, 3.8) is 0 Å². The summed E-state index contributed by atoms with van der Waals surface area (Å²) in [5.41, 5.74) is 2.37. The first-order valence-corrected chi connectivity index (χ1v) is 8.63. The topological polar surface area (TPSA) is 61.9 Å². The Labute approximate surface area is 153 Å². The number of methoxy groups -OCH3 is 1. The van der Waals surface area contributed by atoms with Crippen LogP contribution in [0.4, 0.5) is 11.4 Å². The third kappa shape index (κ3) is 4.14. The SMILES string of the molecule is COc1ccc(C(=O)Nc2cccc(N3CCN(C(C)=O)CC3)c2)cc1. The molecule has 0 atom stereocenters. The van der Waals surface area contributed by atoms with E-state index in [9.17, 15) is 9.59 Å². The van der Waals surface area contributed by atoms with Gasteiger partial charge in [-0.05, 0) is 42.5 Å². The lowest BCUT2D eigenvalue weighted by molar-refractivity contribution is -0.129. The molecule has 0 saturated carbocycles.